The summed E-state index contributed by atoms with van der Waals surface area (Å²) >= 11 is 1.57. The number of anilines is 2. The van der Waals surface area contributed by atoms with E-state index in [-0.39, 0.29) is 16.1 Å². The van der Waals surface area contributed by atoms with Gasteiger partial charge in [-0.25, -0.2) is 8.42 Å². The second-order valence-electron chi connectivity index (χ2n) is 6.72. The third kappa shape index (κ3) is 4.22. The summed E-state index contributed by atoms with van der Waals surface area (Å²) in [6.07, 6.45) is 0.405. The highest BCUT2D eigenvalue weighted by Crippen LogP contribution is 2.36. The molecule has 138 valence electrons. The predicted molar refractivity (Wildman–Crippen MR) is 106 cm³/mol. The van der Waals surface area contributed by atoms with Gasteiger partial charge in [-0.2, -0.15) is 0 Å². The highest BCUT2D eigenvalue weighted by atomic mass is 32.2. The van der Waals surface area contributed by atoms with E-state index in [9.17, 15) is 13.2 Å². The van der Waals surface area contributed by atoms with Crippen LogP contribution in [-0.2, 0) is 14.8 Å². The van der Waals surface area contributed by atoms with Gasteiger partial charge in [-0.05, 0) is 41.8 Å². The third-order valence-electron chi connectivity index (χ3n) is 4.17. The molecule has 1 unspecified atom stereocenters. The number of carbonyl (C=O) groups is 1. The molecule has 1 heterocycles. The summed E-state index contributed by atoms with van der Waals surface area (Å²) in [7, 11) is -3.73. The fourth-order valence-corrected chi connectivity index (χ4v) is 4.88. The SMILES string of the molecule is CC1CC(=O)Nc2cc(S(=O)(=O)Nc3ccc(C(C)C)cc3)ccc2S1. The molecule has 1 aliphatic rings. The van der Waals surface area contributed by atoms with Crippen molar-refractivity contribution in [1.82, 2.24) is 0 Å². The van der Waals surface area contributed by atoms with Crippen molar-refractivity contribution >= 4 is 39.1 Å². The van der Waals surface area contributed by atoms with Gasteiger partial charge >= 0.3 is 0 Å². The Morgan fingerprint density at radius 2 is 1.85 bits per heavy atom. The summed E-state index contributed by atoms with van der Waals surface area (Å²) in [6, 6.07) is 12.2. The van der Waals surface area contributed by atoms with Gasteiger partial charge in [-0.3, -0.25) is 9.52 Å². The largest absolute Gasteiger partial charge is 0.325 e. The number of hydrogen-bond donors (Lipinski definition) is 2. The molecule has 26 heavy (non-hydrogen) atoms. The van der Waals surface area contributed by atoms with Crippen molar-refractivity contribution < 1.29 is 13.2 Å². The zero-order valence-electron chi connectivity index (χ0n) is 14.9. The summed E-state index contributed by atoms with van der Waals surface area (Å²) in [6.45, 7) is 6.15. The van der Waals surface area contributed by atoms with Gasteiger partial charge in [0.25, 0.3) is 10.0 Å². The average molecular weight is 391 g/mol. The summed E-state index contributed by atoms with van der Waals surface area (Å²) < 4.78 is 28.0. The average Bonchev–Trinajstić information content (AvgIpc) is 2.70. The number of sulfonamides is 1. The molecule has 1 aliphatic heterocycles. The minimum Gasteiger partial charge on any atom is -0.325 e. The molecular weight excluding hydrogens is 368 g/mol. The molecule has 0 radical (unpaired) electrons. The minimum absolute atomic E-state index is 0.101. The van der Waals surface area contributed by atoms with E-state index in [1.807, 2.05) is 19.1 Å². The number of amides is 1. The number of hydrogen-bond acceptors (Lipinski definition) is 4. The van der Waals surface area contributed by atoms with Crippen molar-refractivity contribution in [1.29, 1.82) is 0 Å². The molecule has 0 fully saturated rings. The molecule has 2 aromatic rings. The molecule has 1 atom stereocenters. The van der Waals surface area contributed by atoms with E-state index in [0.29, 0.717) is 23.7 Å². The first-order chi connectivity index (χ1) is 12.2. The maximum atomic E-state index is 12.7. The summed E-state index contributed by atoms with van der Waals surface area (Å²) in [5.41, 5.74) is 2.20. The molecule has 0 aromatic heterocycles. The quantitative estimate of drug-likeness (QED) is 0.810. The smallest absolute Gasteiger partial charge is 0.261 e. The van der Waals surface area contributed by atoms with Crippen LogP contribution >= 0.6 is 11.8 Å². The number of benzene rings is 2. The Bertz CT molecular complexity index is 922. The lowest BCUT2D eigenvalue weighted by Gasteiger charge is -2.12. The molecular formula is C19H22N2O3S2. The second-order valence-corrected chi connectivity index (χ2v) is 9.88. The van der Waals surface area contributed by atoms with Crippen LogP contribution in [0.25, 0.3) is 0 Å². The van der Waals surface area contributed by atoms with Gasteiger partial charge in [-0.1, -0.05) is 32.9 Å². The highest BCUT2D eigenvalue weighted by Gasteiger charge is 2.22. The van der Waals surface area contributed by atoms with Gasteiger partial charge in [0, 0.05) is 22.3 Å². The van der Waals surface area contributed by atoms with Gasteiger partial charge in [0.15, 0.2) is 0 Å². The maximum absolute atomic E-state index is 12.7. The van der Waals surface area contributed by atoms with E-state index in [1.165, 1.54) is 6.07 Å². The van der Waals surface area contributed by atoms with E-state index in [2.05, 4.69) is 23.9 Å². The van der Waals surface area contributed by atoms with Crippen molar-refractivity contribution in [3.8, 4) is 0 Å². The fraction of sp³-hybridized carbons (Fsp3) is 0.316. The van der Waals surface area contributed by atoms with Crippen molar-refractivity contribution in [2.75, 3.05) is 10.0 Å². The maximum Gasteiger partial charge on any atom is 0.261 e. The van der Waals surface area contributed by atoms with Crippen molar-refractivity contribution in [3.05, 3.63) is 48.0 Å². The Balaban J connectivity index is 1.86. The Kier molecular flexibility index (Phi) is 5.29. The molecule has 5 nitrogen and oxygen atoms in total. The van der Waals surface area contributed by atoms with Gasteiger partial charge in [0.05, 0.1) is 10.6 Å². The Labute approximate surface area is 158 Å². The van der Waals surface area contributed by atoms with Crippen molar-refractivity contribution in [2.45, 2.75) is 48.2 Å². The molecule has 2 aromatic carbocycles. The molecule has 2 N–H and O–H groups in total. The zero-order chi connectivity index (χ0) is 18.9. The predicted octanol–water partition coefficient (Wildman–Crippen LogP) is 4.43. The number of rotatable bonds is 4. The topological polar surface area (TPSA) is 75.3 Å². The first kappa shape index (κ1) is 18.8. The third-order valence-corrected chi connectivity index (χ3v) is 6.72. The van der Waals surface area contributed by atoms with E-state index in [0.717, 1.165) is 10.5 Å². The lowest BCUT2D eigenvalue weighted by atomic mass is 10.0. The van der Waals surface area contributed by atoms with Crippen LogP contribution in [0.5, 0.6) is 0 Å². The van der Waals surface area contributed by atoms with Gasteiger partial charge in [0.2, 0.25) is 5.91 Å². The monoisotopic (exact) mass is 390 g/mol. The lowest BCUT2D eigenvalue weighted by molar-refractivity contribution is -0.116. The molecule has 3 rings (SSSR count). The van der Waals surface area contributed by atoms with E-state index >= 15 is 0 Å². The van der Waals surface area contributed by atoms with E-state index < -0.39 is 10.0 Å². The molecule has 0 saturated carbocycles. The van der Waals surface area contributed by atoms with Crippen LogP contribution in [0.3, 0.4) is 0 Å². The van der Waals surface area contributed by atoms with Crippen molar-refractivity contribution in [3.63, 3.8) is 0 Å². The van der Waals surface area contributed by atoms with Gasteiger partial charge in [0.1, 0.15) is 0 Å². The standard InChI is InChI=1S/C19H22N2O3S2/c1-12(2)14-4-6-15(7-5-14)21-26(23,24)16-8-9-18-17(11-16)20-19(22)10-13(3)25-18/h4-9,11-13,21H,10H2,1-3H3,(H,20,22). The zero-order valence-corrected chi connectivity index (χ0v) is 16.6. The molecule has 1 amide bonds. The summed E-state index contributed by atoms with van der Waals surface area (Å²) in [5, 5.41) is 2.95. The Morgan fingerprint density at radius 3 is 2.50 bits per heavy atom. The van der Waals surface area contributed by atoms with Gasteiger partial charge < -0.3 is 5.32 Å². The number of nitrogens with one attached hydrogen (secondary N) is 2. The van der Waals surface area contributed by atoms with Crippen LogP contribution in [0.2, 0.25) is 0 Å². The van der Waals surface area contributed by atoms with Crippen LogP contribution in [-0.4, -0.2) is 19.6 Å². The van der Waals surface area contributed by atoms with E-state index in [1.54, 1.807) is 36.0 Å². The molecule has 0 bridgehead atoms. The van der Waals surface area contributed by atoms with Crippen LogP contribution < -0.4 is 10.0 Å². The summed E-state index contributed by atoms with van der Waals surface area (Å²) in [4.78, 5) is 12.9. The van der Waals surface area contributed by atoms with E-state index in [4.69, 9.17) is 0 Å². The van der Waals surface area contributed by atoms with Crippen LogP contribution in [0.4, 0.5) is 11.4 Å². The summed E-state index contributed by atoms with van der Waals surface area (Å²) in [5.74, 6) is 0.282. The van der Waals surface area contributed by atoms with Gasteiger partial charge in [-0.15, -0.1) is 11.8 Å². The number of fused-ring (bicyclic) bond motifs is 1. The van der Waals surface area contributed by atoms with Crippen molar-refractivity contribution in [2.24, 2.45) is 0 Å². The Hall–Kier alpha value is -1.99. The number of carbonyl (C=O) groups excluding carboxylic acids is 1. The van der Waals surface area contributed by atoms with Crippen LogP contribution in [0.1, 0.15) is 38.7 Å². The lowest BCUT2D eigenvalue weighted by Crippen LogP contribution is -2.15. The second kappa shape index (κ2) is 7.32. The minimum atomic E-state index is -3.73. The molecule has 0 saturated heterocycles. The number of thioether (sulfide) groups is 1. The fourth-order valence-electron chi connectivity index (χ4n) is 2.75. The molecule has 0 aliphatic carbocycles. The van der Waals surface area contributed by atoms with Crippen LogP contribution in [0, 0.1) is 0 Å². The first-order valence-electron chi connectivity index (χ1n) is 8.48. The molecule has 7 heteroatoms. The van der Waals surface area contributed by atoms with Crippen LogP contribution in [0.15, 0.2) is 52.3 Å². The Morgan fingerprint density at radius 1 is 1.15 bits per heavy atom. The molecule has 0 spiro atoms. The normalized spacial score (nSPS) is 17.4. The first-order valence-corrected chi connectivity index (χ1v) is 10.8. The highest BCUT2D eigenvalue weighted by molar-refractivity contribution is 8.00.